The van der Waals surface area contributed by atoms with Crippen LogP contribution in [0.1, 0.15) is 11.3 Å². The highest BCUT2D eigenvalue weighted by molar-refractivity contribution is 6.17. The van der Waals surface area contributed by atoms with Crippen molar-refractivity contribution in [2.24, 2.45) is 0 Å². The number of rotatable bonds is 1. The monoisotopic (exact) mass is 208 g/mol. The molecular weight excluding hydrogens is 200 g/mol. The van der Waals surface area contributed by atoms with Gasteiger partial charge in [-0.3, -0.25) is 4.79 Å². The lowest BCUT2D eigenvalue weighted by Gasteiger charge is -2.02. The van der Waals surface area contributed by atoms with Crippen LogP contribution in [-0.2, 0) is 5.88 Å². The number of fused-ring (bicyclic) bond motifs is 1. The maximum absolute atomic E-state index is 11.8. The predicted molar refractivity (Wildman–Crippen MR) is 56.8 cm³/mol. The number of hydrogen-bond donors (Lipinski definition) is 0. The third kappa shape index (κ3) is 1.32. The molecule has 0 atom stereocenters. The van der Waals surface area contributed by atoms with Crippen molar-refractivity contribution in [3.8, 4) is 0 Å². The molecule has 72 valence electrons. The van der Waals surface area contributed by atoms with Crippen LogP contribution in [0, 0.1) is 6.92 Å². The van der Waals surface area contributed by atoms with Crippen molar-refractivity contribution in [2.45, 2.75) is 12.8 Å². The Labute approximate surface area is 86.1 Å². The van der Waals surface area contributed by atoms with Crippen molar-refractivity contribution in [3.05, 3.63) is 45.8 Å². The lowest BCUT2D eigenvalue weighted by atomic mass is 10.1. The topological polar surface area (TPSA) is 30.2 Å². The first kappa shape index (κ1) is 9.28. The van der Waals surface area contributed by atoms with Gasteiger partial charge in [0.05, 0.1) is 16.8 Å². The summed E-state index contributed by atoms with van der Waals surface area (Å²) in [6, 6.07) is 7.18. The molecule has 1 aromatic heterocycles. The lowest BCUT2D eigenvalue weighted by molar-refractivity contribution is 0.558. The predicted octanol–water partition coefficient (Wildman–Crippen LogP) is 2.84. The smallest absolute Gasteiger partial charge is 0.197 e. The molecule has 0 N–H and O–H groups in total. The fourth-order valence-corrected chi connectivity index (χ4v) is 1.76. The molecule has 0 aliphatic rings. The van der Waals surface area contributed by atoms with E-state index in [0.29, 0.717) is 22.3 Å². The number of benzene rings is 1. The second-order valence-electron chi connectivity index (χ2n) is 3.10. The number of aryl methyl sites for hydroxylation is 1. The summed E-state index contributed by atoms with van der Waals surface area (Å²) in [5, 5.41) is 0.591. The highest BCUT2D eigenvalue weighted by Crippen LogP contribution is 2.15. The van der Waals surface area contributed by atoms with Crippen LogP contribution >= 0.6 is 11.6 Å². The first-order valence-corrected chi connectivity index (χ1v) is 4.85. The van der Waals surface area contributed by atoms with E-state index in [9.17, 15) is 4.79 Å². The van der Waals surface area contributed by atoms with Crippen molar-refractivity contribution in [3.63, 3.8) is 0 Å². The average Bonchev–Trinajstić information content (AvgIpc) is 2.18. The number of alkyl halides is 1. The van der Waals surface area contributed by atoms with E-state index in [1.54, 1.807) is 19.1 Å². The van der Waals surface area contributed by atoms with Gasteiger partial charge < -0.3 is 4.42 Å². The third-order valence-corrected chi connectivity index (χ3v) is 2.49. The second kappa shape index (κ2) is 3.46. The van der Waals surface area contributed by atoms with E-state index in [4.69, 9.17) is 16.0 Å². The molecule has 0 saturated heterocycles. The Morgan fingerprint density at radius 2 is 2.07 bits per heavy atom. The van der Waals surface area contributed by atoms with Crippen LogP contribution in [0.2, 0.25) is 0 Å². The van der Waals surface area contributed by atoms with Crippen LogP contribution in [0.25, 0.3) is 11.0 Å². The van der Waals surface area contributed by atoms with Crippen LogP contribution < -0.4 is 5.43 Å². The van der Waals surface area contributed by atoms with E-state index in [0.717, 1.165) is 0 Å². The fourth-order valence-electron chi connectivity index (χ4n) is 1.45. The van der Waals surface area contributed by atoms with E-state index >= 15 is 0 Å². The summed E-state index contributed by atoms with van der Waals surface area (Å²) in [4.78, 5) is 11.8. The zero-order chi connectivity index (χ0) is 10.1. The molecule has 2 rings (SSSR count). The summed E-state index contributed by atoms with van der Waals surface area (Å²) < 4.78 is 5.48. The summed E-state index contributed by atoms with van der Waals surface area (Å²) in [5.41, 5.74) is 1.13. The Hall–Kier alpha value is -1.28. The van der Waals surface area contributed by atoms with Gasteiger partial charge in [0.1, 0.15) is 11.3 Å². The molecule has 1 aromatic carbocycles. The van der Waals surface area contributed by atoms with Crippen molar-refractivity contribution < 1.29 is 4.42 Å². The van der Waals surface area contributed by atoms with Gasteiger partial charge >= 0.3 is 0 Å². The molecular formula is C11H9ClO2. The van der Waals surface area contributed by atoms with Crippen LogP contribution in [0.3, 0.4) is 0 Å². The molecule has 0 aliphatic carbocycles. The van der Waals surface area contributed by atoms with Crippen LogP contribution in [0.4, 0.5) is 0 Å². The summed E-state index contributed by atoms with van der Waals surface area (Å²) in [5.74, 6) is 0.794. The second-order valence-corrected chi connectivity index (χ2v) is 3.36. The van der Waals surface area contributed by atoms with Gasteiger partial charge in [0.15, 0.2) is 5.43 Å². The molecule has 2 aromatic rings. The molecule has 1 heterocycles. The molecule has 0 aliphatic heterocycles. The minimum absolute atomic E-state index is 0.0284. The third-order valence-electron chi connectivity index (χ3n) is 2.23. The van der Waals surface area contributed by atoms with E-state index in [1.165, 1.54) is 0 Å². The van der Waals surface area contributed by atoms with E-state index < -0.39 is 0 Å². The number of hydrogen-bond acceptors (Lipinski definition) is 2. The van der Waals surface area contributed by atoms with Crippen LogP contribution in [-0.4, -0.2) is 0 Å². The van der Waals surface area contributed by atoms with Gasteiger partial charge in [0.2, 0.25) is 0 Å². The molecule has 14 heavy (non-hydrogen) atoms. The molecule has 0 fully saturated rings. The fraction of sp³-hybridized carbons (Fsp3) is 0.182. The summed E-state index contributed by atoms with van der Waals surface area (Å²) in [6.07, 6.45) is 0. The van der Waals surface area contributed by atoms with Crippen LogP contribution in [0.15, 0.2) is 33.5 Å². The molecule has 0 unspecified atom stereocenters. The van der Waals surface area contributed by atoms with Crippen molar-refractivity contribution >= 4 is 22.6 Å². The molecule has 0 saturated carbocycles. The zero-order valence-corrected chi connectivity index (χ0v) is 8.47. The zero-order valence-electron chi connectivity index (χ0n) is 7.71. The standard InChI is InChI=1S/C11H9ClO2/c1-7-9(6-12)11(13)8-4-2-3-5-10(8)14-7/h2-5H,6H2,1H3. The molecule has 0 radical (unpaired) electrons. The van der Waals surface area contributed by atoms with Crippen molar-refractivity contribution in [1.29, 1.82) is 0 Å². The van der Waals surface area contributed by atoms with Gasteiger partial charge in [0.25, 0.3) is 0 Å². The average molecular weight is 209 g/mol. The van der Waals surface area contributed by atoms with Gasteiger partial charge in [-0.25, -0.2) is 0 Å². The molecule has 0 bridgehead atoms. The molecule has 3 heteroatoms. The Kier molecular flexibility index (Phi) is 2.30. The van der Waals surface area contributed by atoms with Gasteiger partial charge in [-0.05, 0) is 19.1 Å². The Morgan fingerprint density at radius 1 is 1.36 bits per heavy atom. The highest BCUT2D eigenvalue weighted by Gasteiger charge is 2.08. The maximum Gasteiger partial charge on any atom is 0.197 e. The Bertz CT molecular complexity index is 528. The molecule has 0 spiro atoms. The van der Waals surface area contributed by atoms with Gasteiger partial charge in [-0.2, -0.15) is 0 Å². The van der Waals surface area contributed by atoms with Crippen molar-refractivity contribution in [2.75, 3.05) is 0 Å². The Morgan fingerprint density at radius 3 is 2.79 bits per heavy atom. The van der Waals surface area contributed by atoms with Gasteiger partial charge in [0, 0.05) is 0 Å². The highest BCUT2D eigenvalue weighted by atomic mass is 35.5. The van der Waals surface area contributed by atoms with E-state index in [1.807, 2.05) is 12.1 Å². The SMILES string of the molecule is Cc1oc2ccccc2c(=O)c1CCl. The Balaban J connectivity index is 2.93. The van der Waals surface area contributed by atoms with Crippen LogP contribution in [0.5, 0.6) is 0 Å². The largest absolute Gasteiger partial charge is 0.461 e. The van der Waals surface area contributed by atoms with E-state index in [2.05, 4.69) is 0 Å². The molecule has 0 amide bonds. The van der Waals surface area contributed by atoms with E-state index in [-0.39, 0.29) is 11.3 Å². The minimum atomic E-state index is -0.0284. The van der Waals surface area contributed by atoms with Gasteiger partial charge in [-0.15, -0.1) is 11.6 Å². The normalized spacial score (nSPS) is 10.7. The summed E-state index contributed by atoms with van der Waals surface area (Å²) >= 11 is 5.68. The number of para-hydroxylation sites is 1. The van der Waals surface area contributed by atoms with Gasteiger partial charge in [-0.1, -0.05) is 12.1 Å². The molecule has 2 nitrogen and oxygen atoms in total. The van der Waals surface area contributed by atoms with Crippen molar-refractivity contribution in [1.82, 2.24) is 0 Å². The first-order valence-electron chi connectivity index (χ1n) is 4.31. The maximum atomic E-state index is 11.8. The summed E-state index contributed by atoms with van der Waals surface area (Å²) in [7, 11) is 0. The first-order chi connectivity index (χ1) is 6.74. The lowest BCUT2D eigenvalue weighted by Crippen LogP contribution is -2.09. The quantitative estimate of drug-likeness (QED) is 0.675. The summed E-state index contributed by atoms with van der Waals surface area (Å²) in [6.45, 7) is 1.76. The minimum Gasteiger partial charge on any atom is -0.461 e. The number of halogens is 1.